The van der Waals surface area contributed by atoms with Crippen LogP contribution in [-0.4, -0.2) is 17.0 Å². The molecule has 0 aliphatic heterocycles. The van der Waals surface area contributed by atoms with Gasteiger partial charge in [0, 0.05) is 17.3 Å². The number of furan rings is 1. The van der Waals surface area contributed by atoms with Crippen molar-refractivity contribution in [2.45, 2.75) is 0 Å². The maximum atomic E-state index is 12.3. The number of nitrogens with zero attached hydrogens (tertiary/aromatic N) is 1. The number of hydrogen-bond donors (Lipinski definition) is 2. The van der Waals surface area contributed by atoms with Crippen LogP contribution >= 0.6 is 11.6 Å². The Morgan fingerprint density at radius 2 is 1.86 bits per heavy atom. The Bertz CT molecular complexity index is 1110. The van der Waals surface area contributed by atoms with Gasteiger partial charge in [-0.05, 0) is 42.5 Å². The third kappa shape index (κ3) is 4.29. The number of aromatic carboxylic acids is 1. The van der Waals surface area contributed by atoms with Crippen molar-refractivity contribution in [2.75, 3.05) is 5.32 Å². The third-order valence-electron chi connectivity index (χ3n) is 3.79. The Labute approximate surface area is 165 Å². The van der Waals surface area contributed by atoms with Gasteiger partial charge >= 0.3 is 5.97 Å². The smallest absolute Gasteiger partial charge is 0.337 e. The number of nitriles is 1. The summed E-state index contributed by atoms with van der Waals surface area (Å²) in [6.45, 7) is 0. The number of carbonyl (C=O) groups is 2. The van der Waals surface area contributed by atoms with Gasteiger partial charge in [0.1, 0.15) is 23.2 Å². The molecule has 0 atom stereocenters. The van der Waals surface area contributed by atoms with E-state index in [0.717, 1.165) is 0 Å². The lowest BCUT2D eigenvalue weighted by molar-refractivity contribution is -0.112. The van der Waals surface area contributed by atoms with E-state index in [1.54, 1.807) is 42.5 Å². The van der Waals surface area contributed by atoms with Crippen molar-refractivity contribution in [3.63, 3.8) is 0 Å². The average Bonchev–Trinajstić information content (AvgIpc) is 3.15. The second-order valence-electron chi connectivity index (χ2n) is 5.69. The van der Waals surface area contributed by atoms with Crippen LogP contribution in [0.5, 0.6) is 0 Å². The Morgan fingerprint density at radius 3 is 2.54 bits per heavy atom. The Kier molecular flexibility index (Phi) is 5.58. The number of nitrogens with one attached hydrogen (secondary N) is 1. The van der Waals surface area contributed by atoms with Crippen molar-refractivity contribution in [3.8, 4) is 17.4 Å². The second-order valence-corrected chi connectivity index (χ2v) is 6.10. The summed E-state index contributed by atoms with van der Waals surface area (Å²) in [6, 6.07) is 18.3. The van der Waals surface area contributed by atoms with E-state index in [0.29, 0.717) is 17.0 Å². The van der Waals surface area contributed by atoms with Crippen molar-refractivity contribution in [3.05, 3.63) is 82.6 Å². The van der Waals surface area contributed by atoms with Crippen LogP contribution in [0, 0.1) is 11.3 Å². The molecule has 1 aromatic heterocycles. The molecule has 28 heavy (non-hydrogen) atoms. The molecule has 2 aromatic carbocycles. The van der Waals surface area contributed by atoms with E-state index in [2.05, 4.69) is 5.32 Å². The van der Waals surface area contributed by atoms with Gasteiger partial charge in [-0.2, -0.15) is 5.26 Å². The minimum Gasteiger partial charge on any atom is -0.478 e. The van der Waals surface area contributed by atoms with Crippen LogP contribution < -0.4 is 5.32 Å². The summed E-state index contributed by atoms with van der Waals surface area (Å²) < 4.78 is 5.63. The van der Waals surface area contributed by atoms with Gasteiger partial charge in [0.25, 0.3) is 5.91 Å². The van der Waals surface area contributed by atoms with Crippen LogP contribution in [0.2, 0.25) is 5.02 Å². The Morgan fingerprint density at radius 1 is 1.11 bits per heavy atom. The fraction of sp³-hybridized carbons (Fsp3) is 0. The quantitative estimate of drug-likeness (QED) is 0.477. The van der Waals surface area contributed by atoms with Crippen molar-refractivity contribution in [1.82, 2.24) is 0 Å². The van der Waals surface area contributed by atoms with Gasteiger partial charge in [0.15, 0.2) is 0 Å². The monoisotopic (exact) mass is 392 g/mol. The zero-order chi connectivity index (χ0) is 20.1. The van der Waals surface area contributed by atoms with E-state index >= 15 is 0 Å². The Balaban J connectivity index is 1.84. The number of hydrogen-bond acceptors (Lipinski definition) is 4. The first-order valence-electron chi connectivity index (χ1n) is 8.09. The highest BCUT2D eigenvalue weighted by Gasteiger charge is 2.14. The third-order valence-corrected chi connectivity index (χ3v) is 4.12. The van der Waals surface area contributed by atoms with E-state index in [-0.39, 0.29) is 21.9 Å². The van der Waals surface area contributed by atoms with Crippen LogP contribution in [0.25, 0.3) is 17.4 Å². The molecule has 3 rings (SSSR count). The lowest BCUT2D eigenvalue weighted by atomic mass is 10.1. The minimum atomic E-state index is -1.15. The normalized spacial score (nSPS) is 10.9. The number of carbonyl (C=O) groups excluding carboxylic acids is 1. The fourth-order valence-electron chi connectivity index (χ4n) is 2.44. The van der Waals surface area contributed by atoms with Gasteiger partial charge in [0.2, 0.25) is 0 Å². The first-order valence-corrected chi connectivity index (χ1v) is 8.47. The van der Waals surface area contributed by atoms with E-state index in [4.69, 9.17) is 16.0 Å². The average molecular weight is 393 g/mol. The predicted octanol–water partition coefficient (Wildman–Crippen LogP) is 4.84. The van der Waals surface area contributed by atoms with Crippen LogP contribution in [0.1, 0.15) is 16.1 Å². The minimum absolute atomic E-state index is 0.0485. The van der Waals surface area contributed by atoms with Crippen LogP contribution in [0.3, 0.4) is 0 Å². The van der Waals surface area contributed by atoms with E-state index in [1.807, 2.05) is 12.1 Å². The summed E-state index contributed by atoms with van der Waals surface area (Å²) >= 11 is 5.87. The summed E-state index contributed by atoms with van der Waals surface area (Å²) in [5.41, 5.74) is 0.893. The second kappa shape index (κ2) is 8.25. The lowest BCUT2D eigenvalue weighted by Crippen LogP contribution is -2.13. The molecular formula is C21H13ClN2O4. The van der Waals surface area contributed by atoms with Crippen molar-refractivity contribution in [2.24, 2.45) is 0 Å². The summed E-state index contributed by atoms with van der Waals surface area (Å²) in [7, 11) is 0. The standard InChI is InChI=1S/C21H13ClN2O4/c22-18-8-6-13(11-17(18)21(26)27)19-9-7-16(28-19)10-14(12-23)20(25)24-15-4-2-1-3-5-15/h1-11H,(H,24,25)(H,26,27). The molecule has 2 N–H and O–H groups in total. The van der Waals surface area contributed by atoms with Gasteiger partial charge in [-0.25, -0.2) is 4.79 Å². The fourth-order valence-corrected chi connectivity index (χ4v) is 2.64. The van der Waals surface area contributed by atoms with E-state index in [1.165, 1.54) is 18.2 Å². The van der Waals surface area contributed by atoms with Gasteiger partial charge in [-0.3, -0.25) is 4.79 Å². The number of rotatable bonds is 5. The molecule has 0 fully saturated rings. The zero-order valence-corrected chi connectivity index (χ0v) is 15.1. The van der Waals surface area contributed by atoms with E-state index < -0.39 is 11.9 Å². The predicted molar refractivity (Wildman–Crippen MR) is 105 cm³/mol. The molecule has 0 aliphatic rings. The highest BCUT2D eigenvalue weighted by molar-refractivity contribution is 6.33. The molecule has 0 saturated heterocycles. The molecule has 138 valence electrons. The largest absolute Gasteiger partial charge is 0.478 e. The maximum absolute atomic E-state index is 12.3. The molecule has 3 aromatic rings. The van der Waals surface area contributed by atoms with Crippen LogP contribution in [-0.2, 0) is 4.79 Å². The number of benzene rings is 2. The van der Waals surface area contributed by atoms with Crippen molar-refractivity contribution >= 4 is 35.2 Å². The van der Waals surface area contributed by atoms with Gasteiger partial charge in [-0.1, -0.05) is 29.8 Å². The first-order chi connectivity index (χ1) is 13.5. The number of carboxylic acids is 1. The molecule has 0 saturated carbocycles. The summed E-state index contributed by atoms with van der Waals surface area (Å²) in [6.07, 6.45) is 1.32. The molecule has 0 spiro atoms. The van der Waals surface area contributed by atoms with Crippen molar-refractivity contribution < 1.29 is 19.1 Å². The number of halogens is 1. The Hall–Kier alpha value is -3.82. The molecule has 0 bridgehead atoms. The van der Waals surface area contributed by atoms with Crippen molar-refractivity contribution in [1.29, 1.82) is 5.26 Å². The number of para-hydroxylation sites is 1. The summed E-state index contributed by atoms with van der Waals surface area (Å²) in [4.78, 5) is 23.5. The number of anilines is 1. The summed E-state index contributed by atoms with van der Waals surface area (Å²) in [5, 5.41) is 21.2. The molecule has 6 nitrogen and oxygen atoms in total. The number of carboxylic acid groups (broad SMARTS) is 1. The van der Waals surface area contributed by atoms with Crippen LogP contribution in [0.15, 0.2) is 70.7 Å². The molecule has 0 radical (unpaired) electrons. The van der Waals surface area contributed by atoms with Gasteiger partial charge in [0.05, 0.1) is 10.6 Å². The molecule has 0 unspecified atom stereocenters. The molecule has 1 amide bonds. The maximum Gasteiger partial charge on any atom is 0.337 e. The number of amides is 1. The summed E-state index contributed by atoms with van der Waals surface area (Å²) in [5.74, 6) is -1.05. The lowest BCUT2D eigenvalue weighted by Gasteiger charge is -2.03. The van der Waals surface area contributed by atoms with Gasteiger partial charge < -0.3 is 14.8 Å². The van der Waals surface area contributed by atoms with E-state index in [9.17, 15) is 20.0 Å². The van der Waals surface area contributed by atoms with Crippen LogP contribution in [0.4, 0.5) is 5.69 Å². The molecule has 0 aliphatic carbocycles. The molecular weight excluding hydrogens is 380 g/mol. The molecule has 7 heteroatoms. The molecule has 1 heterocycles. The SMILES string of the molecule is N#CC(=Cc1ccc(-c2ccc(Cl)c(C(=O)O)c2)o1)C(=O)Nc1ccccc1. The highest BCUT2D eigenvalue weighted by Crippen LogP contribution is 2.27. The topological polar surface area (TPSA) is 103 Å². The van der Waals surface area contributed by atoms with Gasteiger partial charge in [-0.15, -0.1) is 0 Å². The first kappa shape index (κ1) is 19.0. The zero-order valence-electron chi connectivity index (χ0n) is 14.3. The highest BCUT2D eigenvalue weighted by atomic mass is 35.5.